The molecule has 1 aliphatic heterocycles. The second kappa shape index (κ2) is 16.9. The van der Waals surface area contributed by atoms with Crippen LogP contribution in [0.3, 0.4) is 0 Å². The molecule has 0 aliphatic carbocycles. The summed E-state index contributed by atoms with van der Waals surface area (Å²) in [5.74, 6) is -2.77. The summed E-state index contributed by atoms with van der Waals surface area (Å²) in [7, 11) is 0. The Morgan fingerprint density at radius 3 is 2.43 bits per heavy atom. The molecule has 3 rings (SSSR count). The Labute approximate surface area is 275 Å². The second-order valence-corrected chi connectivity index (χ2v) is 11.8. The van der Waals surface area contributed by atoms with E-state index >= 15 is 0 Å². The molecular weight excluding hydrogens is 608 g/mol. The fourth-order valence-electron chi connectivity index (χ4n) is 5.56. The topological polar surface area (TPSA) is 178 Å². The maximum absolute atomic E-state index is 14.1. The Kier molecular flexibility index (Phi) is 13.3. The number of aliphatic hydroxyl groups excluding tert-OH is 1. The van der Waals surface area contributed by atoms with Crippen LogP contribution in [0.5, 0.6) is 5.75 Å². The normalized spacial score (nSPS) is 19.8. The van der Waals surface area contributed by atoms with Gasteiger partial charge in [0, 0.05) is 30.4 Å². The molecule has 0 bridgehead atoms. The number of nitrogens with one attached hydrogen (secondary N) is 3. The molecule has 1 heterocycles. The van der Waals surface area contributed by atoms with E-state index in [2.05, 4.69) is 16.0 Å². The summed E-state index contributed by atoms with van der Waals surface area (Å²) in [6.45, 7) is 11.3. The van der Waals surface area contributed by atoms with Crippen LogP contribution in [0.25, 0.3) is 0 Å². The molecule has 2 aromatic rings. The summed E-state index contributed by atoms with van der Waals surface area (Å²) in [6, 6.07) is 11.8. The standard InChI is InChI=1S/C34H46N4O9/c1-7-16-46-33(42)34(37-29(40)17-24-12-14-28(15-13-24)47-20-27(39)19-35-21(3)4)23(6)36-22(5)30(32(41)45-8-2)31(34)25-10-9-11-26(18-25)38(43)44/h9-15,18,21,23,27,31,35-36,39H,7-8,16-17,19-20H2,1-6H3,(H,37,40). The minimum absolute atomic E-state index is 0.0416. The van der Waals surface area contributed by atoms with E-state index in [1.165, 1.54) is 18.2 Å². The molecule has 0 saturated heterocycles. The average molecular weight is 655 g/mol. The van der Waals surface area contributed by atoms with E-state index in [1.807, 2.05) is 20.8 Å². The van der Waals surface area contributed by atoms with E-state index in [0.29, 0.717) is 30.0 Å². The number of ether oxygens (including phenoxy) is 3. The quantitative estimate of drug-likeness (QED) is 0.119. The number of nitro benzene ring substituents is 1. The van der Waals surface area contributed by atoms with Crippen molar-refractivity contribution in [2.75, 3.05) is 26.4 Å². The SMILES string of the molecule is CCCOC(=O)C1(NC(=O)Cc2ccc(OCC(O)CNC(C)C)cc2)C(C)NC(C)=C(C(=O)OCC)C1c1cccc([N+](=O)[O-])c1. The van der Waals surface area contributed by atoms with Gasteiger partial charge in [0.15, 0.2) is 5.54 Å². The third-order valence-electron chi connectivity index (χ3n) is 7.79. The molecule has 1 aliphatic rings. The summed E-state index contributed by atoms with van der Waals surface area (Å²) >= 11 is 0. The molecule has 13 nitrogen and oxygen atoms in total. The molecule has 256 valence electrons. The highest BCUT2D eigenvalue weighted by atomic mass is 16.6. The maximum atomic E-state index is 14.1. The van der Waals surface area contributed by atoms with Crippen LogP contribution in [0, 0.1) is 10.1 Å². The van der Waals surface area contributed by atoms with Gasteiger partial charge in [-0.05, 0) is 50.5 Å². The lowest BCUT2D eigenvalue weighted by Gasteiger charge is -2.48. The summed E-state index contributed by atoms with van der Waals surface area (Å²) in [6.07, 6.45) is -0.345. The van der Waals surface area contributed by atoms with Crippen molar-refractivity contribution in [3.8, 4) is 5.75 Å². The first-order valence-electron chi connectivity index (χ1n) is 15.8. The van der Waals surface area contributed by atoms with Gasteiger partial charge in [0.2, 0.25) is 5.91 Å². The molecule has 0 spiro atoms. The van der Waals surface area contributed by atoms with Crippen molar-refractivity contribution >= 4 is 23.5 Å². The van der Waals surface area contributed by atoms with Crippen molar-refractivity contribution in [1.29, 1.82) is 0 Å². The van der Waals surface area contributed by atoms with Gasteiger partial charge in [0.05, 0.1) is 42.1 Å². The molecule has 0 saturated carbocycles. The number of nitrogens with zero attached hydrogens (tertiary/aromatic N) is 1. The molecule has 0 radical (unpaired) electrons. The minimum Gasteiger partial charge on any atom is -0.491 e. The zero-order valence-electron chi connectivity index (χ0n) is 27.8. The van der Waals surface area contributed by atoms with Crippen LogP contribution in [0.4, 0.5) is 5.69 Å². The number of hydrogen-bond donors (Lipinski definition) is 4. The predicted molar refractivity (Wildman–Crippen MR) is 175 cm³/mol. The van der Waals surface area contributed by atoms with Crippen molar-refractivity contribution in [2.45, 2.75) is 84.0 Å². The fraction of sp³-hybridized carbons (Fsp3) is 0.500. The van der Waals surface area contributed by atoms with Gasteiger partial charge in [-0.25, -0.2) is 9.59 Å². The molecule has 4 N–H and O–H groups in total. The number of esters is 2. The van der Waals surface area contributed by atoms with Crippen LogP contribution < -0.4 is 20.7 Å². The van der Waals surface area contributed by atoms with Gasteiger partial charge in [-0.2, -0.15) is 0 Å². The molecule has 47 heavy (non-hydrogen) atoms. The Morgan fingerprint density at radius 2 is 1.81 bits per heavy atom. The van der Waals surface area contributed by atoms with Gasteiger partial charge in [0.25, 0.3) is 5.69 Å². The summed E-state index contributed by atoms with van der Waals surface area (Å²) in [5.41, 5.74) is -0.826. The molecule has 1 amide bonds. The highest BCUT2D eigenvalue weighted by Gasteiger charge is 2.58. The Morgan fingerprint density at radius 1 is 1.11 bits per heavy atom. The fourth-order valence-corrected chi connectivity index (χ4v) is 5.56. The van der Waals surface area contributed by atoms with Crippen LogP contribution in [0.2, 0.25) is 0 Å². The first-order valence-corrected chi connectivity index (χ1v) is 15.8. The summed E-state index contributed by atoms with van der Waals surface area (Å²) < 4.78 is 16.7. The first kappa shape index (κ1) is 37.0. The monoisotopic (exact) mass is 654 g/mol. The van der Waals surface area contributed by atoms with E-state index in [9.17, 15) is 29.6 Å². The highest BCUT2D eigenvalue weighted by Crippen LogP contribution is 2.44. The number of amides is 1. The van der Waals surface area contributed by atoms with E-state index in [0.717, 1.165) is 0 Å². The lowest BCUT2D eigenvalue weighted by molar-refractivity contribution is -0.384. The van der Waals surface area contributed by atoms with Crippen LogP contribution in [-0.4, -0.2) is 78.0 Å². The third kappa shape index (κ3) is 9.29. The molecule has 4 unspecified atom stereocenters. The van der Waals surface area contributed by atoms with Crippen molar-refractivity contribution < 1.29 is 38.6 Å². The number of benzene rings is 2. The lowest BCUT2D eigenvalue weighted by atomic mass is 9.67. The van der Waals surface area contributed by atoms with Gasteiger partial charge < -0.3 is 35.3 Å². The number of non-ortho nitro benzene ring substituents is 1. The largest absolute Gasteiger partial charge is 0.491 e. The number of carbonyl (C=O) groups excluding carboxylic acids is 3. The second-order valence-electron chi connectivity index (χ2n) is 11.8. The van der Waals surface area contributed by atoms with E-state index in [1.54, 1.807) is 51.1 Å². The lowest BCUT2D eigenvalue weighted by Crippen LogP contribution is -2.71. The zero-order valence-corrected chi connectivity index (χ0v) is 27.8. The zero-order chi connectivity index (χ0) is 34.7. The molecular formula is C34H46N4O9. The maximum Gasteiger partial charge on any atom is 0.336 e. The highest BCUT2D eigenvalue weighted by molar-refractivity contribution is 5.98. The Balaban J connectivity index is 2.00. The number of allylic oxidation sites excluding steroid dienone is 1. The number of nitro groups is 1. The number of carbonyl (C=O) groups is 3. The van der Waals surface area contributed by atoms with E-state index < -0.39 is 46.4 Å². The Hall–Kier alpha value is -4.49. The average Bonchev–Trinajstić information content (AvgIpc) is 3.03. The van der Waals surface area contributed by atoms with Crippen LogP contribution in [0.1, 0.15) is 65.0 Å². The Bertz CT molecular complexity index is 1440. The van der Waals surface area contributed by atoms with Gasteiger partial charge in [-0.1, -0.05) is 45.0 Å². The van der Waals surface area contributed by atoms with Crippen LogP contribution in [0.15, 0.2) is 59.8 Å². The summed E-state index contributed by atoms with van der Waals surface area (Å²) in [5, 5.41) is 31.1. The molecule has 4 atom stereocenters. The third-order valence-corrected chi connectivity index (χ3v) is 7.79. The number of rotatable bonds is 16. The van der Waals surface area contributed by atoms with Crippen molar-refractivity contribution in [1.82, 2.24) is 16.0 Å². The first-order chi connectivity index (χ1) is 22.3. The van der Waals surface area contributed by atoms with Crippen LogP contribution in [-0.2, 0) is 30.3 Å². The van der Waals surface area contributed by atoms with Gasteiger partial charge in [0.1, 0.15) is 18.5 Å². The van der Waals surface area contributed by atoms with Gasteiger partial charge >= 0.3 is 11.9 Å². The van der Waals surface area contributed by atoms with Crippen molar-refractivity contribution in [3.63, 3.8) is 0 Å². The number of aliphatic hydroxyl groups is 1. The molecule has 2 aromatic carbocycles. The van der Waals surface area contributed by atoms with E-state index in [-0.39, 0.29) is 49.1 Å². The predicted octanol–water partition coefficient (Wildman–Crippen LogP) is 3.30. The van der Waals surface area contributed by atoms with Crippen molar-refractivity contribution in [3.05, 3.63) is 81.0 Å². The summed E-state index contributed by atoms with van der Waals surface area (Å²) in [4.78, 5) is 52.6. The van der Waals surface area contributed by atoms with E-state index in [4.69, 9.17) is 14.2 Å². The molecule has 13 heteroatoms. The molecule has 0 fully saturated rings. The van der Waals surface area contributed by atoms with Crippen molar-refractivity contribution in [2.24, 2.45) is 0 Å². The van der Waals surface area contributed by atoms with Gasteiger partial charge in [-0.3, -0.25) is 14.9 Å². The van der Waals surface area contributed by atoms with Gasteiger partial charge in [-0.15, -0.1) is 0 Å². The number of hydrogen-bond acceptors (Lipinski definition) is 11. The molecule has 0 aromatic heterocycles. The minimum atomic E-state index is -1.90. The smallest absolute Gasteiger partial charge is 0.336 e. The van der Waals surface area contributed by atoms with Crippen LogP contribution >= 0.6 is 0 Å².